The van der Waals surface area contributed by atoms with Gasteiger partial charge in [0.2, 0.25) is 5.95 Å². The van der Waals surface area contributed by atoms with Crippen molar-refractivity contribution in [1.82, 2.24) is 15.3 Å². The molecule has 0 bridgehead atoms. The number of thioether (sulfide) groups is 1. The van der Waals surface area contributed by atoms with Gasteiger partial charge in [0.1, 0.15) is 0 Å². The van der Waals surface area contributed by atoms with E-state index in [9.17, 15) is 4.79 Å². The van der Waals surface area contributed by atoms with E-state index in [1.807, 2.05) is 30.3 Å². The SMILES string of the molecule is CNC(=O)c1ccc(Nc2nccc(-c3ccc(SCCCO)cc3)n2)cc1. The zero-order valence-corrected chi connectivity index (χ0v) is 16.4. The van der Waals surface area contributed by atoms with E-state index in [0.717, 1.165) is 29.1 Å². The van der Waals surface area contributed by atoms with Crippen molar-refractivity contribution in [1.29, 1.82) is 0 Å². The Morgan fingerprint density at radius 2 is 1.82 bits per heavy atom. The number of aliphatic hydroxyl groups is 1. The van der Waals surface area contributed by atoms with Crippen LogP contribution in [0, 0.1) is 0 Å². The number of nitrogens with zero attached hydrogens (tertiary/aromatic N) is 2. The Morgan fingerprint density at radius 1 is 1.07 bits per heavy atom. The minimum absolute atomic E-state index is 0.122. The van der Waals surface area contributed by atoms with Crippen LogP contribution in [0.4, 0.5) is 11.6 Å². The highest BCUT2D eigenvalue weighted by molar-refractivity contribution is 7.99. The van der Waals surface area contributed by atoms with Gasteiger partial charge in [0.15, 0.2) is 0 Å². The lowest BCUT2D eigenvalue weighted by molar-refractivity contribution is 0.0963. The maximum Gasteiger partial charge on any atom is 0.251 e. The molecule has 3 rings (SSSR count). The summed E-state index contributed by atoms with van der Waals surface area (Å²) in [4.78, 5) is 21.6. The van der Waals surface area contributed by atoms with E-state index in [4.69, 9.17) is 5.11 Å². The van der Waals surface area contributed by atoms with Gasteiger partial charge in [-0.25, -0.2) is 9.97 Å². The first-order chi connectivity index (χ1) is 13.7. The number of rotatable bonds is 8. The Labute approximate surface area is 168 Å². The van der Waals surface area contributed by atoms with Crippen LogP contribution in [-0.2, 0) is 0 Å². The van der Waals surface area contributed by atoms with Crippen LogP contribution in [0.15, 0.2) is 65.7 Å². The Balaban J connectivity index is 1.69. The smallest absolute Gasteiger partial charge is 0.251 e. The van der Waals surface area contributed by atoms with Crippen molar-refractivity contribution in [3.8, 4) is 11.3 Å². The minimum Gasteiger partial charge on any atom is -0.396 e. The first-order valence-electron chi connectivity index (χ1n) is 8.96. The summed E-state index contributed by atoms with van der Waals surface area (Å²) in [5.41, 5.74) is 3.23. The van der Waals surface area contributed by atoms with Crippen molar-refractivity contribution in [2.24, 2.45) is 0 Å². The summed E-state index contributed by atoms with van der Waals surface area (Å²) < 4.78 is 0. The van der Waals surface area contributed by atoms with E-state index in [1.165, 1.54) is 4.90 Å². The minimum atomic E-state index is -0.122. The van der Waals surface area contributed by atoms with Crippen LogP contribution >= 0.6 is 11.8 Å². The number of benzene rings is 2. The van der Waals surface area contributed by atoms with Crippen LogP contribution in [0.2, 0.25) is 0 Å². The van der Waals surface area contributed by atoms with Crippen molar-refractivity contribution in [3.63, 3.8) is 0 Å². The number of carbonyl (C=O) groups excluding carboxylic acids is 1. The van der Waals surface area contributed by atoms with Crippen molar-refractivity contribution in [3.05, 3.63) is 66.4 Å². The fraction of sp³-hybridized carbons (Fsp3) is 0.190. The monoisotopic (exact) mass is 394 g/mol. The number of nitrogens with one attached hydrogen (secondary N) is 2. The zero-order chi connectivity index (χ0) is 19.8. The summed E-state index contributed by atoms with van der Waals surface area (Å²) in [5.74, 6) is 1.27. The summed E-state index contributed by atoms with van der Waals surface area (Å²) in [6, 6.07) is 17.2. The molecule has 6 nitrogen and oxygen atoms in total. The molecule has 28 heavy (non-hydrogen) atoms. The lowest BCUT2D eigenvalue weighted by Crippen LogP contribution is -2.17. The van der Waals surface area contributed by atoms with E-state index < -0.39 is 0 Å². The summed E-state index contributed by atoms with van der Waals surface area (Å²) in [6.07, 6.45) is 2.50. The highest BCUT2D eigenvalue weighted by Gasteiger charge is 2.05. The third-order valence-electron chi connectivity index (χ3n) is 4.01. The average molecular weight is 395 g/mol. The molecule has 0 saturated heterocycles. The fourth-order valence-electron chi connectivity index (χ4n) is 2.53. The van der Waals surface area contributed by atoms with Crippen LogP contribution in [-0.4, -0.2) is 40.4 Å². The van der Waals surface area contributed by atoms with Crippen molar-refractivity contribution < 1.29 is 9.90 Å². The summed E-state index contributed by atoms with van der Waals surface area (Å²) in [6.45, 7) is 0.219. The topological polar surface area (TPSA) is 87.1 Å². The molecule has 144 valence electrons. The van der Waals surface area contributed by atoms with E-state index >= 15 is 0 Å². The van der Waals surface area contributed by atoms with Crippen molar-refractivity contribution in [2.45, 2.75) is 11.3 Å². The molecule has 2 aromatic carbocycles. The molecule has 1 aromatic heterocycles. The Hall–Kier alpha value is -2.90. The molecule has 0 aliphatic carbocycles. The first kappa shape index (κ1) is 19.9. The van der Waals surface area contributed by atoms with Crippen LogP contribution < -0.4 is 10.6 Å². The van der Waals surface area contributed by atoms with E-state index in [0.29, 0.717) is 11.5 Å². The van der Waals surface area contributed by atoms with Crippen LogP contribution in [0.1, 0.15) is 16.8 Å². The van der Waals surface area contributed by atoms with E-state index in [2.05, 4.69) is 32.7 Å². The maximum absolute atomic E-state index is 11.6. The maximum atomic E-state index is 11.6. The number of hydrogen-bond acceptors (Lipinski definition) is 6. The molecule has 1 amide bonds. The molecular weight excluding hydrogens is 372 g/mol. The highest BCUT2D eigenvalue weighted by atomic mass is 32.2. The molecule has 0 aliphatic heterocycles. The number of anilines is 2. The molecule has 0 saturated carbocycles. The van der Waals surface area contributed by atoms with E-state index in [1.54, 1.807) is 37.1 Å². The summed E-state index contributed by atoms with van der Waals surface area (Å²) in [7, 11) is 1.61. The molecule has 0 atom stereocenters. The molecule has 1 heterocycles. The number of carbonyl (C=O) groups is 1. The lowest BCUT2D eigenvalue weighted by Gasteiger charge is -2.08. The summed E-state index contributed by atoms with van der Waals surface area (Å²) in [5, 5.41) is 14.6. The largest absolute Gasteiger partial charge is 0.396 e. The molecule has 0 aliphatic rings. The average Bonchev–Trinajstić information content (AvgIpc) is 2.74. The third kappa shape index (κ3) is 5.31. The van der Waals surface area contributed by atoms with Gasteiger partial charge in [-0.05, 0) is 48.9 Å². The molecule has 0 radical (unpaired) electrons. The highest BCUT2D eigenvalue weighted by Crippen LogP contribution is 2.24. The van der Waals surface area contributed by atoms with E-state index in [-0.39, 0.29) is 12.5 Å². The second-order valence-electron chi connectivity index (χ2n) is 6.00. The standard InChI is InChI=1S/C21H22N4O2S/c1-22-20(27)16-3-7-17(8-4-16)24-21-23-12-11-19(25-21)15-5-9-18(10-6-15)28-14-2-13-26/h3-12,26H,2,13-14H2,1H3,(H,22,27)(H,23,24,25). The molecular formula is C21H22N4O2S. The number of hydrogen-bond donors (Lipinski definition) is 3. The Morgan fingerprint density at radius 3 is 2.50 bits per heavy atom. The molecule has 0 spiro atoms. The van der Waals surface area contributed by atoms with Gasteiger partial charge < -0.3 is 15.7 Å². The third-order valence-corrected chi connectivity index (χ3v) is 5.11. The summed E-state index contributed by atoms with van der Waals surface area (Å²) >= 11 is 1.72. The number of aliphatic hydroxyl groups excluding tert-OH is 1. The molecule has 0 fully saturated rings. The van der Waals surface area contributed by atoms with Gasteiger partial charge in [0.05, 0.1) is 5.69 Å². The predicted molar refractivity (Wildman–Crippen MR) is 113 cm³/mol. The first-order valence-corrected chi connectivity index (χ1v) is 9.94. The van der Waals surface area contributed by atoms with Crippen LogP contribution in [0.3, 0.4) is 0 Å². The molecule has 3 aromatic rings. The molecule has 0 unspecified atom stereocenters. The van der Waals surface area contributed by atoms with Crippen molar-refractivity contribution >= 4 is 29.3 Å². The normalized spacial score (nSPS) is 10.5. The van der Waals surface area contributed by atoms with Gasteiger partial charge in [-0.1, -0.05) is 12.1 Å². The number of aromatic nitrogens is 2. The zero-order valence-electron chi connectivity index (χ0n) is 15.6. The molecule has 7 heteroatoms. The number of amides is 1. The van der Waals surface area contributed by atoms with Gasteiger partial charge in [0.25, 0.3) is 5.91 Å². The Bertz CT molecular complexity index is 914. The second kappa shape index (κ2) is 9.87. The van der Waals surface area contributed by atoms with Gasteiger partial charge >= 0.3 is 0 Å². The van der Waals surface area contributed by atoms with Crippen molar-refractivity contribution in [2.75, 3.05) is 24.7 Å². The lowest BCUT2D eigenvalue weighted by atomic mass is 10.1. The molecule has 3 N–H and O–H groups in total. The second-order valence-corrected chi connectivity index (χ2v) is 7.17. The predicted octanol–water partition coefficient (Wildman–Crippen LogP) is 3.72. The van der Waals surface area contributed by atoms with Gasteiger partial charge in [-0.15, -0.1) is 11.8 Å². The van der Waals surface area contributed by atoms with Gasteiger partial charge in [0, 0.05) is 47.3 Å². The fourth-order valence-corrected chi connectivity index (χ4v) is 3.37. The van der Waals surface area contributed by atoms with Crippen LogP contribution in [0.25, 0.3) is 11.3 Å². The van der Waals surface area contributed by atoms with Crippen LogP contribution in [0.5, 0.6) is 0 Å². The Kier molecular flexibility index (Phi) is 7.00. The van der Waals surface area contributed by atoms with Gasteiger partial charge in [-0.3, -0.25) is 4.79 Å². The quantitative estimate of drug-likeness (QED) is 0.399. The van der Waals surface area contributed by atoms with Gasteiger partial charge in [-0.2, -0.15) is 0 Å².